The van der Waals surface area contributed by atoms with Crippen molar-refractivity contribution in [2.24, 2.45) is 0 Å². The van der Waals surface area contributed by atoms with Gasteiger partial charge >= 0.3 is 5.97 Å². The van der Waals surface area contributed by atoms with Crippen molar-refractivity contribution in [1.29, 1.82) is 0 Å². The molecular formula is C13H13NO3. The van der Waals surface area contributed by atoms with E-state index >= 15 is 0 Å². The molecule has 0 unspecified atom stereocenters. The summed E-state index contributed by atoms with van der Waals surface area (Å²) >= 11 is 0. The van der Waals surface area contributed by atoms with Gasteiger partial charge in [0.05, 0.1) is 5.69 Å². The minimum Gasteiger partial charge on any atom is -0.477 e. The van der Waals surface area contributed by atoms with Crippen molar-refractivity contribution in [2.75, 3.05) is 0 Å². The second-order valence-electron chi connectivity index (χ2n) is 3.83. The molecule has 0 bridgehead atoms. The monoisotopic (exact) mass is 231 g/mol. The van der Waals surface area contributed by atoms with Crippen LogP contribution in [0.1, 0.15) is 28.5 Å². The maximum Gasteiger partial charge on any atom is 0.341 e. The smallest absolute Gasteiger partial charge is 0.341 e. The van der Waals surface area contributed by atoms with E-state index in [-0.39, 0.29) is 5.56 Å². The van der Waals surface area contributed by atoms with Crippen LogP contribution in [-0.2, 0) is 6.42 Å². The van der Waals surface area contributed by atoms with Crippen molar-refractivity contribution in [3.8, 4) is 11.3 Å². The van der Waals surface area contributed by atoms with E-state index in [4.69, 9.17) is 9.63 Å². The van der Waals surface area contributed by atoms with Crippen LogP contribution < -0.4 is 0 Å². The number of carbonyl (C=O) groups is 1. The summed E-state index contributed by atoms with van der Waals surface area (Å²) in [4.78, 5) is 11.1. The van der Waals surface area contributed by atoms with Gasteiger partial charge in [-0.3, -0.25) is 0 Å². The Labute approximate surface area is 98.9 Å². The van der Waals surface area contributed by atoms with Crippen LogP contribution in [0.25, 0.3) is 11.3 Å². The van der Waals surface area contributed by atoms with Gasteiger partial charge in [0.2, 0.25) is 0 Å². The van der Waals surface area contributed by atoms with Crippen LogP contribution in [0.3, 0.4) is 0 Å². The van der Waals surface area contributed by atoms with Gasteiger partial charge in [-0.25, -0.2) is 4.79 Å². The molecule has 0 amide bonds. The number of hydrogen-bond donors (Lipinski definition) is 1. The fraction of sp³-hybridized carbons (Fsp3) is 0.231. The molecule has 1 heterocycles. The molecular weight excluding hydrogens is 218 g/mol. The summed E-state index contributed by atoms with van der Waals surface area (Å²) in [6.45, 7) is 3.69. The highest BCUT2D eigenvalue weighted by atomic mass is 16.5. The number of benzene rings is 1. The van der Waals surface area contributed by atoms with Gasteiger partial charge in [-0.15, -0.1) is 0 Å². The summed E-state index contributed by atoms with van der Waals surface area (Å²) in [6, 6.07) is 7.62. The molecule has 0 aliphatic heterocycles. The van der Waals surface area contributed by atoms with E-state index in [2.05, 4.69) is 12.1 Å². The number of aromatic nitrogens is 1. The number of carboxylic acid groups (broad SMARTS) is 1. The second-order valence-corrected chi connectivity index (χ2v) is 3.83. The zero-order valence-corrected chi connectivity index (χ0v) is 9.73. The molecule has 0 spiro atoms. The van der Waals surface area contributed by atoms with Gasteiger partial charge in [-0.2, -0.15) is 0 Å². The third kappa shape index (κ3) is 2.06. The Kier molecular flexibility index (Phi) is 2.95. The molecule has 2 rings (SSSR count). The van der Waals surface area contributed by atoms with Gasteiger partial charge < -0.3 is 9.63 Å². The van der Waals surface area contributed by atoms with Crippen LogP contribution in [0, 0.1) is 6.92 Å². The maximum atomic E-state index is 11.1. The summed E-state index contributed by atoms with van der Waals surface area (Å²) in [5.74, 6) is -0.698. The Morgan fingerprint density at radius 1 is 1.35 bits per heavy atom. The van der Waals surface area contributed by atoms with Gasteiger partial charge in [0.1, 0.15) is 5.56 Å². The predicted octanol–water partition coefficient (Wildman–Crippen LogP) is 2.91. The normalized spacial score (nSPS) is 10.5. The highest BCUT2D eigenvalue weighted by Crippen LogP contribution is 2.26. The van der Waals surface area contributed by atoms with Crippen molar-refractivity contribution in [2.45, 2.75) is 20.3 Å². The summed E-state index contributed by atoms with van der Waals surface area (Å²) in [6.07, 6.45) is 0.946. The van der Waals surface area contributed by atoms with Crippen LogP contribution >= 0.6 is 0 Å². The predicted molar refractivity (Wildman–Crippen MR) is 63.0 cm³/mol. The van der Waals surface area contributed by atoms with E-state index in [0.717, 1.165) is 12.0 Å². The summed E-state index contributed by atoms with van der Waals surface area (Å²) in [7, 11) is 0. The second kappa shape index (κ2) is 4.41. The number of nitrogens with zero attached hydrogens (tertiary/aromatic N) is 1. The highest BCUT2D eigenvalue weighted by molar-refractivity contribution is 5.95. The fourth-order valence-corrected chi connectivity index (χ4v) is 1.71. The molecule has 2 aromatic rings. The maximum absolute atomic E-state index is 11.1. The zero-order valence-electron chi connectivity index (χ0n) is 9.73. The van der Waals surface area contributed by atoms with Crippen LogP contribution in [-0.4, -0.2) is 16.2 Å². The molecule has 4 nitrogen and oxygen atoms in total. The number of hydrogen-bond acceptors (Lipinski definition) is 3. The van der Waals surface area contributed by atoms with E-state index < -0.39 is 5.97 Å². The van der Waals surface area contributed by atoms with Crippen LogP contribution in [0.5, 0.6) is 0 Å². The van der Waals surface area contributed by atoms with Gasteiger partial charge in [0.15, 0.2) is 5.76 Å². The Balaban J connectivity index is 2.49. The van der Waals surface area contributed by atoms with Gasteiger partial charge in [0, 0.05) is 5.56 Å². The molecule has 1 aromatic carbocycles. The van der Waals surface area contributed by atoms with Crippen LogP contribution in [0.4, 0.5) is 0 Å². The van der Waals surface area contributed by atoms with Crippen molar-refractivity contribution >= 4 is 5.97 Å². The largest absolute Gasteiger partial charge is 0.477 e. The average Bonchev–Trinajstić information content (AvgIpc) is 2.71. The molecule has 0 radical (unpaired) electrons. The van der Waals surface area contributed by atoms with Gasteiger partial charge in [-0.1, -0.05) is 36.3 Å². The van der Waals surface area contributed by atoms with Crippen LogP contribution in [0.15, 0.2) is 28.8 Å². The first-order chi connectivity index (χ1) is 8.13. The molecule has 0 aliphatic rings. The van der Waals surface area contributed by atoms with Gasteiger partial charge in [0.25, 0.3) is 0 Å². The average molecular weight is 231 g/mol. The Hall–Kier alpha value is -2.10. The fourth-order valence-electron chi connectivity index (χ4n) is 1.71. The summed E-state index contributed by atoms with van der Waals surface area (Å²) < 4.78 is 5.09. The zero-order chi connectivity index (χ0) is 12.4. The Bertz CT molecular complexity index is 540. The van der Waals surface area contributed by atoms with Crippen molar-refractivity contribution in [3.63, 3.8) is 0 Å². The molecule has 0 aliphatic carbocycles. The number of aromatic carboxylic acids is 1. The van der Waals surface area contributed by atoms with Crippen LogP contribution in [0.2, 0.25) is 0 Å². The van der Waals surface area contributed by atoms with E-state index in [9.17, 15) is 4.79 Å². The first kappa shape index (κ1) is 11.4. The van der Waals surface area contributed by atoms with E-state index in [0.29, 0.717) is 11.5 Å². The summed E-state index contributed by atoms with van der Waals surface area (Å²) in [5.41, 5.74) is 2.46. The highest BCUT2D eigenvalue weighted by Gasteiger charge is 2.20. The van der Waals surface area contributed by atoms with Crippen molar-refractivity contribution in [3.05, 3.63) is 41.1 Å². The molecule has 4 heteroatoms. The molecule has 0 saturated heterocycles. The van der Waals surface area contributed by atoms with E-state index in [1.54, 1.807) is 6.92 Å². The first-order valence-corrected chi connectivity index (χ1v) is 5.42. The molecule has 0 atom stereocenters. The lowest BCUT2D eigenvalue weighted by Crippen LogP contribution is -1.99. The Morgan fingerprint density at radius 2 is 2.00 bits per heavy atom. The SMILES string of the molecule is CCc1ccc(-c2onc(C)c2C(=O)O)cc1. The number of rotatable bonds is 3. The molecule has 0 fully saturated rings. The lowest BCUT2D eigenvalue weighted by Gasteiger charge is -2.00. The standard InChI is InChI=1S/C13H13NO3/c1-3-9-4-6-10(7-5-9)12-11(13(15)16)8(2)14-17-12/h4-7H,3H2,1-2H3,(H,15,16). The number of carboxylic acids is 1. The lowest BCUT2D eigenvalue weighted by atomic mass is 10.0. The van der Waals surface area contributed by atoms with E-state index in [1.165, 1.54) is 5.56 Å². The number of aryl methyl sites for hydroxylation is 2. The molecule has 1 N–H and O–H groups in total. The van der Waals surface area contributed by atoms with E-state index in [1.807, 2.05) is 24.3 Å². The van der Waals surface area contributed by atoms with Gasteiger partial charge in [-0.05, 0) is 18.9 Å². The molecule has 17 heavy (non-hydrogen) atoms. The van der Waals surface area contributed by atoms with Crippen molar-refractivity contribution < 1.29 is 14.4 Å². The molecule has 1 aromatic heterocycles. The quantitative estimate of drug-likeness (QED) is 0.882. The third-order valence-corrected chi connectivity index (χ3v) is 2.70. The van der Waals surface area contributed by atoms with Crippen molar-refractivity contribution in [1.82, 2.24) is 5.16 Å². The Morgan fingerprint density at radius 3 is 2.53 bits per heavy atom. The lowest BCUT2D eigenvalue weighted by molar-refractivity contribution is 0.0696. The topological polar surface area (TPSA) is 63.3 Å². The third-order valence-electron chi connectivity index (χ3n) is 2.70. The molecule has 0 saturated carbocycles. The first-order valence-electron chi connectivity index (χ1n) is 5.42. The molecule has 88 valence electrons. The minimum atomic E-state index is -1.02. The summed E-state index contributed by atoms with van der Waals surface area (Å²) in [5, 5.41) is 12.8. The minimum absolute atomic E-state index is 0.134.